The Morgan fingerprint density at radius 1 is 0.949 bits per heavy atom. The first-order valence-electron chi connectivity index (χ1n) is 12.9. The van der Waals surface area contributed by atoms with Crippen LogP contribution in [-0.4, -0.2) is 54.0 Å². The highest BCUT2D eigenvalue weighted by Crippen LogP contribution is 2.42. The maximum Gasteiger partial charge on any atom is 0.337 e. The number of rotatable bonds is 6. The Kier molecular flexibility index (Phi) is 7.00. The van der Waals surface area contributed by atoms with Gasteiger partial charge in [-0.2, -0.15) is 0 Å². The lowest BCUT2D eigenvalue weighted by Gasteiger charge is -2.31. The minimum absolute atomic E-state index is 0.166. The molecule has 4 aromatic rings. The van der Waals surface area contributed by atoms with E-state index in [1.807, 2.05) is 48.8 Å². The van der Waals surface area contributed by atoms with Gasteiger partial charge >= 0.3 is 5.97 Å². The Morgan fingerprint density at radius 2 is 1.67 bits per heavy atom. The highest BCUT2D eigenvalue weighted by Gasteiger charge is 2.42. The van der Waals surface area contributed by atoms with E-state index in [0.29, 0.717) is 10.7 Å². The Morgan fingerprint density at radius 3 is 2.36 bits per heavy atom. The smallest absolute Gasteiger partial charge is 0.337 e. The Balaban J connectivity index is 1.39. The molecule has 0 amide bonds. The van der Waals surface area contributed by atoms with Crippen molar-refractivity contribution in [1.29, 1.82) is 0 Å². The van der Waals surface area contributed by atoms with Gasteiger partial charge in [0.05, 0.1) is 37.6 Å². The van der Waals surface area contributed by atoms with Crippen molar-refractivity contribution in [1.82, 2.24) is 14.9 Å². The summed E-state index contributed by atoms with van der Waals surface area (Å²) in [6.07, 6.45) is 3.83. The zero-order chi connectivity index (χ0) is 26.8. The molecule has 0 bridgehead atoms. The second-order valence-corrected chi connectivity index (χ2v) is 9.84. The summed E-state index contributed by atoms with van der Waals surface area (Å²) in [6.45, 7) is 3.26. The number of thiocarbonyl (C=S) groups is 1. The Labute approximate surface area is 232 Å². The number of carbonyl (C=O) groups excluding carboxylic acids is 1. The summed E-state index contributed by atoms with van der Waals surface area (Å²) < 4.78 is 12.5. The standard InChI is InChI=1S/C30H29N5O3S/c1-37-29(36)21-7-9-23(10-8-21)34-16-4-6-26(34)28-27(25-5-2-3-15-31-25)32-30(39)35(28)24-13-11-22(12-14-24)33-17-19-38-20-18-33/h2-16,27-28H,17-20H2,1H3,(H,32,39)/t27-,28-/m0/s1. The van der Waals surface area contributed by atoms with E-state index in [1.54, 1.807) is 12.1 Å². The van der Waals surface area contributed by atoms with Crippen LogP contribution in [0.25, 0.3) is 5.69 Å². The molecule has 0 radical (unpaired) electrons. The molecule has 0 unspecified atom stereocenters. The molecule has 39 heavy (non-hydrogen) atoms. The number of nitrogens with zero attached hydrogens (tertiary/aromatic N) is 4. The molecule has 2 aromatic heterocycles. The first kappa shape index (κ1) is 25.1. The molecule has 0 aliphatic carbocycles. The summed E-state index contributed by atoms with van der Waals surface area (Å²) in [5, 5.41) is 4.18. The number of morpholine rings is 1. The molecule has 4 heterocycles. The summed E-state index contributed by atoms with van der Waals surface area (Å²) in [4.78, 5) is 21.2. The van der Waals surface area contributed by atoms with Gasteiger partial charge in [0.1, 0.15) is 6.04 Å². The number of methoxy groups -OCH3 is 1. The van der Waals surface area contributed by atoms with Crippen molar-refractivity contribution in [3.63, 3.8) is 0 Å². The summed E-state index contributed by atoms with van der Waals surface area (Å²) in [6, 6.07) is 25.7. The van der Waals surface area contributed by atoms with Crippen molar-refractivity contribution < 1.29 is 14.3 Å². The number of ether oxygens (including phenoxy) is 2. The molecule has 198 valence electrons. The van der Waals surface area contributed by atoms with Crippen molar-refractivity contribution in [2.24, 2.45) is 0 Å². The zero-order valence-corrected chi connectivity index (χ0v) is 22.4. The van der Waals surface area contributed by atoms with Crippen molar-refractivity contribution >= 4 is 34.7 Å². The van der Waals surface area contributed by atoms with Gasteiger partial charge in [0.25, 0.3) is 0 Å². The molecular formula is C30H29N5O3S. The van der Waals surface area contributed by atoms with Crippen molar-refractivity contribution in [2.45, 2.75) is 12.1 Å². The van der Waals surface area contributed by atoms with Gasteiger partial charge in [-0.1, -0.05) is 6.07 Å². The number of esters is 1. The summed E-state index contributed by atoms with van der Waals surface area (Å²) >= 11 is 5.93. The van der Waals surface area contributed by atoms with Crippen LogP contribution in [0.15, 0.2) is 91.3 Å². The van der Waals surface area contributed by atoms with Crippen LogP contribution in [0, 0.1) is 0 Å². The molecule has 2 atom stereocenters. The average Bonchev–Trinajstić information content (AvgIpc) is 3.62. The topological polar surface area (TPSA) is 71.9 Å². The van der Waals surface area contributed by atoms with Crippen molar-refractivity contribution in [2.75, 3.05) is 43.2 Å². The van der Waals surface area contributed by atoms with E-state index in [1.165, 1.54) is 12.8 Å². The van der Waals surface area contributed by atoms with Crippen LogP contribution >= 0.6 is 12.2 Å². The van der Waals surface area contributed by atoms with E-state index in [9.17, 15) is 4.79 Å². The molecule has 9 heteroatoms. The highest BCUT2D eigenvalue weighted by molar-refractivity contribution is 7.80. The van der Waals surface area contributed by atoms with Crippen molar-refractivity contribution in [3.05, 3.63) is 108 Å². The van der Waals surface area contributed by atoms with E-state index in [2.05, 4.69) is 55.0 Å². The fourth-order valence-corrected chi connectivity index (χ4v) is 5.67. The molecule has 8 nitrogen and oxygen atoms in total. The lowest BCUT2D eigenvalue weighted by atomic mass is 10.0. The van der Waals surface area contributed by atoms with Gasteiger partial charge in [-0.05, 0) is 85.0 Å². The maximum atomic E-state index is 12.0. The number of aromatic nitrogens is 2. The third-order valence-corrected chi connectivity index (χ3v) is 7.57. The van der Waals surface area contributed by atoms with Crippen LogP contribution < -0.4 is 15.1 Å². The minimum Gasteiger partial charge on any atom is -0.465 e. The van der Waals surface area contributed by atoms with E-state index >= 15 is 0 Å². The summed E-state index contributed by atoms with van der Waals surface area (Å²) in [5.74, 6) is -0.360. The van der Waals surface area contributed by atoms with Crippen LogP contribution in [0.1, 0.15) is 33.8 Å². The van der Waals surface area contributed by atoms with Gasteiger partial charge in [0, 0.05) is 48.2 Å². The summed E-state index contributed by atoms with van der Waals surface area (Å²) in [7, 11) is 1.39. The lowest BCUT2D eigenvalue weighted by molar-refractivity contribution is 0.0600. The third kappa shape index (κ3) is 4.86. The number of anilines is 2. The quantitative estimate of drug-likeness (QED) is 0.280. The van der Waals surface area contributed by atoms with Gasteiger partial charge in [-0.15, -0.1) is 0 Å². The molecule has 6 rings (SSSR count). The van der Waals surface area contributed by atoms with Crippen LogP contribution in [0.3, 0.4) is 0 Å². The van der Waals surface area contributed by atoms with Crippen LogP contribution in [0.2, 0.25) is 0 Å². The first-order chi connectivity index (χ1) is 19.1. The normalized spacial score (nSPS) is 19.2. The molecule has 2 aliphatic heterocycles. The molecule has 2 aliphatic rings. The first-order valence-corrected chi connectivity index (χ1v) is 13.3. The lowest BCUT2D eigenvalue weighted by Crippen LogP contribution is -2.36. The van der Waals surface area contributed by atoms with Crippen LogP contribution in [0.4, 0.5) is 11.4 Å². The molecule has 0 spiro atoms. The molecule has 0 saturated carbocycles. The van der Waals surface area contributed by atoms with Gasteiger partial charge in [0.15, 0.2) is 5.11 Å². The molecule has 2 saturated heterocycles. The average molecular weight is 540 g/mol. The Hall–Kier alpha value is -4.21. The second-order valence-electron chi connectivity index (χ2n) is 9.45. The number of pyridine rings is 1. The maximum absolute atomic E-state index is 12.0. The second kappa shape index (κ2) is 10.9. The SMILES string of the molecule is COC(=O)c1ccc(-n2cccc2[C@H]2[C@H](c3ccccn3)NC(=S)N2c2ccc(N3CCOCC3)cc2)cc1. The monoisotopic (exact) mass is 539 g/mol. The fourth-order valence-electron chi connectivity index (χ4n) is 5.33. The number of nitrogens with one attached hydrogen (secondary N) is 1. The molecular weight excluding hydrogens is 510 g/mol. The van der Waals surface area contributed by atoms with E-state index in [-0.39, 0.29) is 18.1 Å². The predicted octanol–water partition coefficient (Wildman–Crippen LogP) is 4.67. The van der Waals surface area contributed by atoms with E-state index < -0.39 is 0 Å². The van der Waals surface area contributed by atoms with Crippen LogP contribution in [-0.2, 0) is 9.47 Å². The van der Waals surface area contributed by atoms with Gasteiger partial charge in [-0.25, -0.2) is 4.79 Å². The zero-order valence-electron chi connectivity index (χ0n) is 21.6. The number of carbonyl (C=O) groups is 1. The van der Waals surface area contributed by atoms with E-state index in [0.717, 1.165) is 49.1 Å². The molecule has 2 aromatic carbocycles. The minimum atomic E-state index is -0.360. The number of hydrogen-bond acceptors (Lipinski definition) is 6. The highest BCUT2D eigenvalue weighted by atomic mass is 32.1. The van der Waals surface area contributed by atoms with Crippen molar-refractivity contribution in [3.8, 4) is 5.69 Å². The van der Waals surface area contributed by atoms with E-state index in [4.69, 9.17) is 21.7 Å². The fraction of sp³-hybridized carbons (Fsp3) is 0.233. The largest absolute Gasteiger partial charge is 0.465 e. The van der Waals surface area contributed by atoms with Crippen LogP contribution in [0.5, 0.6) is 0 Å². The molecule has 2 fully saturated rings. The number of hydrogen-bond donors (Lipinski definition) is 1. The number of benzene rings is 2. The Bertz CT molecular complexity index is 1450. The third-order valence-electron chi connectivity index (χ3n) is 7.25. The summed E-state index contributed by atoms with van der Waals surface area (Å²) in [5.41, 5.74) is 5.57. The molecule has 1 N–H and O–H groups in total. The van der Waals surface area contributed by atoms with Gasteiger partial charge < -0.3 is 29.2 Å². The van der Waals surface area contributed by atoms with Gasteiger partial charge in [0.2, 0.25) is 0 Å². The predicted molar refractivity (Wildman–Crippen MR) is 155 cm³/mol. The van der Waals surface area contributed by atoms with Gasteiger partial charge in [-0.3, -0.25) is 4.98 Å².